The number of hydrogen-bond donors (Lipinski definition) is 3. The number of aromatic nitrogens is 1. The van der Waals surface area contributed by atoms with Gasteiger partial charge in [0.05, 0.1) is 22.6 Å². The van der Waals surface area contributed by atoms with Crippen LogP contribution in [-0.2, 0) is 14.4 Å². The smallest absolute Gasteiger partial charge is 0.273 e. The van der Waals surface area contributed by atoms with Crippen molar-refractivity contribution in [2.24, 2.45) is 0 Å². The van der Waals surface area contributed by atoms with Crippen LogP contribution in [0.25, 0.3) is 10.6 Å². The van der Waals surface area contributed by atoms with E-state index in [1.54, 1.807) is 18.2 Å². The van der Waals surface area contributed by atoms with Crippen molar-refractivity contribution in [1.29, 1.82) is 0 Å². The molecule has 4 heterocycles. The maximum Gasteiger partial charge on any atom is 0.273 e. The summed E-state index contributed by atoms with van der Waals surface area (Å²) >= 11 is 1.47. The molecule has 0 saturated carbocycles. The topological polar surface area (TPSA) is 177 Å². The van der Waals surface area contributed by atoms with Crippen LogP contribution >= 0.6 is 11.3 Å². The number of fused-ring (bicyclic) bond motifs is 1. The third-order valence-electron chi connectivity index (χ3n) is 6.98. The highest BCUT2D eigenvalue weighted by molar-refractivity contribution is 7.13. The van der Waals surface area contributed by atoms with Crippen LogP contribution in [0.5, 0.6) is 5.75 Å². The molecule has 1 aromatic carbocycles. The summed E-state index contributed by atoms with van der Waals surface area (Å²) in [7, 11) is 0. The number of ether oxygens (including phenoxy) is 1. The summed E-state index contributed by atoms with van der Waals surface area (Å²) in [6, 6.07) is 8.98. The molecule has 2 aliphatic heterocycles. The van der Waals surface area contributed by atoms with Crippen LogP contribution in [0, 0.1) is 0 Å². The largest absolute Gasteiger partial charge is 0.493 e. The van der Waals surface area contributed by atoms with Crippen LogP contribution < -0.4 is 20.7 Å². The number of hydrogen-bond acceptors (Lipinski definition) is 10. The molecular weight excluding hydrogens is 578 g/mol. The van der Waals surface area contributed by atoms with Gasteiger partial charge in [-0.25, -0.2) is 0 Å². The van der Waals surface area contributed by atoms with Crippen molar-refractivity contribution in [3.63, 3.8) is 0 Å². The van der Waals surface area contributed by atoms with Crippen molar-refractivity contribution < 1.29 is 38.0 Å². The lowest BCUT2D eigenvalue weighted by atomic mass is 10.0. The molecule has 13 nitrogen and oxygen atoms in total. The van der Waals surface area contributed by atoms with E-state index in [1.807, 2.05) is 17.5 Å². The Balaban J connectivity index is 0.979. The van der Waals surface area contributed by atoms with Crippen LogP contribution in [0.4, 0.5) is 0 Å². The number of unbranched alkanes of at least 4 members (excludes halogenated alkanes) is 2. The standard InChI is InChI=1S/C29H29N5O8S/c35-23(11-13-31-26(37)18-16-21(42-33-18)22-8-5-15-43-22)30-12-2-1-3-14-41-20-7-4-6-17-25(20)29(40)34(28(17)39)19-9-10-24(36)32-27(19)38/h4-8,15-16,19H,1-3,9-14H2,(H,30,35)(H,31,37)(H,32,36,38). The van der Waals surface area contributed by atoms with Gasteiger partial charge >= 0.3 is 0 Å². The first-order valence-corrected chi connectivity index (χ1v) is 14.7. The highest BCUT2D eigenvalue weighted by Crippen LogP contribution is 2.33. The lowest BCUT2D eigenvalue weighted by Gasteiger charge is -2.27. The van der Waals surface area contributed by atoms with Crippen LogP contribution in [0.1, 0.15) is 69.7 Å². The van der Waals surface area contributed by atoms with Gasteiger partial charge in [0.1, 0.15) is 11.8 Å². The molecule has 5 rings (SSSR count). The predicted molar refractivity (Wildman–Crippen MR) is 152 cm³/mol. The van der Waals surface area contributed by atoms with Gasteiger partial charge in [0.2, 0.25) is 17.7 Å². The Morgan fingerprint density at radius 1 is 1.05 bits per heavy atom. The van der Waals surface area contributed by atoms with Gasteiger partial charge < -0.3 is 19.9 Å². The van der Waals surface area contributed by atoms with E-state index in [0.29, 0.717) is 25.1 Å². The van der Waals surface area contributed by atoms with Crippen molar-refractivity contribution in [3.8, 4) is 16.4 Å². The van der Waals surface area contributed by atoms with Crippen molar-refractivity contribution in [1.82, 2.24) is 26.0 Å². The maximum atomic E-state index is 13.1. The van der Waals surface area contributed by atoms with Crippen molar-refractivity contribution in [2.75, 3.05) is 19.7 Å². The van der Waals surface area contributed by atoms with E-state index in [4.69, 9.17) is 9.26 Å². The number of carbonyl (C=O) groups is 6. The van der Waals surface area contributed by atoms with Crippen LogP contribution in [0.2, 0.25) is 0 Å². The van der Waals surface area contributed by atoms with Gasteiger partial charge in [0, 0.05) is 32.0 Å². The Kier molecular flexibility index (Phi) is 9.25. The van der Waals surface area contributed by atoms with Crippen LogP contribution in [0.3, 0.4) is 0 Å². The zero-order valence-corrected chi connectivity index (χ0v) is 23.9. The summed E-state index contributed by atoms with van der Waals surface area (Å²) in [5.74, 6) is -2.15. The Hall–Kier alpha value is -4.85. The SMILES string of the molecule is O=C(CCNC(=O)c1cc(-c2cccs2)on1)NCCCCCOc1cccc2c1C(=O)N(C1CCC(=O)NC1=O)C2=O. The lowest BCUT2D eigenvalue weighted by Crippen LogP contribution is -2.54. The summed E-state index contributed by atoms with van der Waals surface area (Å²) in [6.07, 6.45) is 2.31. The quantitative estimate of drug-likeness (QED) is 0.194. The molecule has 0 aliphatic carbocycles. The molecule has 1 unspecified atom stereocenters. The molecule has 1 saturated heterocycles. The maximum absolute atomic E-state index is 13.1. The minimum atomic E-state index is -1.04. The van der Waals surface area contributed by atoms with Crippen molar-refractivity contribution in [3.05, 3.63) is 58.6 Å². The minimum absolute atomic E-state index is 0.0469. The van der Waals surface area contributed by atoms with Gasteiger partial charge in [0.15, 0.2) is 11.5 Å². The fourth-order valence-electron chi connectivity index (χ4n) is 4.80. The second-order valence-electron chi connectivity index (χ2n) is 9.94. The van der Waals surface area contributed by atoms with E-state index in [2.05, 4.69) is 21.1 Å². The third kappa shape index (κ3) is 6.80. The summed E-state index contributed by atoms with van der Waals surface area (Å²) in [5, 5.41) is 13.3. The van der Waals surface area contributed by atoms with E-state index < -0.39 is 35.6 Å². The lowest BCUT2D eigenvalue weighted by molar-refractivity contribution is -0.136. The summed E-state index contributed by atoms with van der Waals surface area (Å²) in [4.78, 5) is 75.9. The molecule has 0 spiro atoms. The second kappa shape index (κ2) is 13.4. The molecular formula is C29H29N5O8S. The number of carbonyl (C=O) groups excluding carboxylic acids is 6. The van der Waals surface area contributed by atoms with Crippen LogP contribution in [0.15, 0.2) is 46.3 Å². The molecule has 2 aromatic heterocycles. The number of benzene rings is 1. The van der Waals surface area contributed by atoms with Gasteiger partial charge in [-0.05, 0) is 49.3 Å². The predicted octanol–water partition coefficient (Wildman–Crippen LogP) is 2.29. The fraction of sp³-hybridized carbons (Fsp3) is 0.345. The average Bonchev–Trinajstić information content (AvgIpc) is 3.74. The molecule has 43 heavy (non-hydrogen) atoms. The first-order valence-electron chi connectivity index (χ1n) is 13.9. The van der Waals surface area contributed by atoms with Gasteiger partial charge in [-0.3, -0.25) is 39.0 Å². The first kappa shape index (κ1) is 29.6. The summed E-state index contributed by atoms with van der Waals surface area (Å²) in [5.41, 5.74) is 0.424. The van der Waals surface area contributed by atoms with E-state index >= 15 is 0 Å². The van der Waals surface area contributed by atoms with E-state index in [0.717, 1.165) is 16.2 Å². The number of amides is 6. The molecule has 1 atom stereocenters. The third-order valence-corrected chi connectivity index (χ3v) is 7.86. The van der Waals surface area contributed by atoms with E-state index in [9.17, 15) is 28.8 Å². The Bertz CT molecular complexity index is 1550. The van der Waals surface area contributed by atoms with Crippen molar-refractivity contribution in [2.45, 2.75) is 44.6 Å². The molecule has 0 radical (unpaired) electrons. The van der Waals surface area contributed by atoms with Crippen LogP contribution in [-0.4, -0.2) is 71.2 Å². The summed E-state index contributed by atoms with van der Waals surface area (Å²) in [6.45, 7) is 0.894. The monoisotopic (exact) mass is 607 g/mol. The number of nitrogens with one attached hydrogen (secondary N) is 3. The zero-order chi connectivity index (χ0) is 30.3. The first-order chi connectivity index (χ1) is 20.8. The number of thiophene rings is 1. The van der Waals surface area contributed by atoms with Gasteiger partial charge in [0.25, 0.3) is 17.7 Å². The molecule has 6 amide bonds. The number of imide groups is 2. The number of rotatable bonds is 13. The second-order valence-corrected chi connectivity index (χ2v) is 10.9. The molecule has 14 heteroatoms. The number of nitrogens with zero attached hydrogens (tertiary/aromatic N) is 2. The average molecular weight is 608 g/mol. The molecule has 1 fully saturated rings. The molecule has 3 N–H and O–H groups in total. The fourth-order valence-corrected chi connectivity index (χ4v) is 5.48. The summed E-state index contributed by atoms with van der Waals surface area (Å²) < 4.78 is 11.0. The van der Waals surface area contributed by atoms with Crippen molar-refractivity contribution >= 4 is 46.8 Å². The Labute approximate surface area is 249 Å². The van der Waals surface area contributed by atoms with E-state index in [1.165, 1.54) is 17.4 Å². The van der Waals surface area contributed by atoms with Gasteiger partial charge in [-0.15, -0.1) is 11.3 Å². The highest BCUT2D eigenvalue weighted by atomic mass is 32.1. The normalized spacial score (nSPS) is 16.2. The molecule has 224 valence electrons. The molecule has 2 aliphatic rings. The Morgan fingerprint density at radius 2 is 1.91 bits per heavy atom. The van der Waals surface area contributed by atoms with Gasteiger partial charge in [-0.2, -0.15) is 0 Å². The molecule has 0 bridgehead atoms. The minimum Gasteiger partial charge on any atom is -0.493 e. The Morgan fingerprint density at radius 3 is 2.70 bits per heavy atom. The molecule has 3 aromatic rings. The zero-order valence-electron chi connectivity index (χ0n) is 23.1. The number of piperidine rings is 1. The van der Waals surface area contributed by atoms with Gasteiger partial charge in [-0.1, -0.05) is 17.3 Å². The highest BCUT2D eigenvalue weighted by Gasteiger charge is 2.46. The van der Waals surface area contributed by atoms with E-state index in [-0.39, 0.29) is 60.9 Å².